The highest BCUT2D eigenvalue weighted by molar-refractivity contribution is 6.20. The van der Waals surface area contributed by atoms with Crippen LogP contribution >= 0.6 is 0 Å². The van der Waals surface area contributed by atoms with Gasteiger partial charge in [0.15, 0.2) is 0 Å². The number of carbonyl (C=O) groups is 2. The van der Waals surface area contributed by atoms with Gasteiger partial charge >= 0.3 is 0 Å². The Labute approximate surface area is 208 Å². The first-order chi connectivity index (χ1) is 17.1. The lowest BCUT2D eigenvalue weighted by atomic mass is 9.85. The standard InChI is InChI=1S/C30H35NO4/c1-3-5-7-15-24(35-31-29(32)26-16-10-11-17-27(26)30(31)33)18-19-25-23(12-4-2)21-34-28(25)20-22-13-8-6-9-14-22/h4,6,8-11,13-14,16-19,23-25,28H,2-3,5,7,12,15,20-21H2,1H3/b19-18+/t23-,24-,25+,28-/m0/s1. The monoisotopic (exact) mass is 473 g/mol. The van der Waals surface area contributed by atoms with E-state index in [-0.39, 0.29) is 18.1 Å². The summed E-state index contributed by atoms with van der Waals surface area (Å²) in [5.74, 6) is -0.244. The summed E-state index contributed by atoms with van der Waals surface area (Å²) >= 11 is 0. The highest BCUT2D eigenvalue weighted by Gasteiger charge is 2.38. The van der Waals surface area contributed by atoms with Crippen LogP contribution in [-0.4, -0.2) is 35.7 Å². The van der Waals surface area contributed by atoms with Gasteiger partial charge < -0.3 is 4.74 Å². The Balaban J connectivity index is 1.51. The third kappa shape index (κ3) is 5.98. The summed E-state index contributed by atoms with van der Waals surface area (Å²) < 4.78 is 6.22. The molecule has 4 rings (SSSR count). The summed E-state index contributed by atoms with van der Waals surface area (Å²) in [4.78, 5) is 31.8. The van der Waals surface area contributed by atoms with Crippen LogP contribution in [0.1, 0.15) is 65.3 Å². The summed E-state index contributed by atoms with van der Waals surface area (Å²) in [5.41, 5.74) is 2.04. The van der Waals surface area contributed by atoms with E-state index >= 15 is 0 Å². The first kappa shape index (κ1) is 25.1. The van der Waals surface area contributed by atoms with Gasteiger partial charge in [-0.3, -0.25) is 14.4 Å². The topological polar surface area (TPSA) is 55.8 Å². The Bertz CT molecular complexity index is 1010. The Morgan fingerprint density at radius 1 is 1.06 bits per heavy atom. The lowest BCUT2D eigenvalue weighted by Gasteiger charge is -2.23. The van der Waals surface area contributed by atoms with Crippen LogP contribution in [0.5, 0.6) is 0 Å². The molecule has 35 heavy (non-hydrogen) atoms. The number of hydroxylamine groups is 2. The van der Waals surface area contributed by atoms with Crippen LogP contribution in [0.15, 0.2) is 79.4 Å². The van der Waals surface area contributed by atoms with Crippen molar-refractivity contribution >= 4 is 11.8 Å². The van der Waals surface area contributed by atoms with Crippen molar-refractivity contribution in [1.29, 1.82) is 0 Å². The molecule has 0 aliphatic carbocycles. The normalized spacial score (nSPS) is 22.7. The van der Waals surface area contributed by atoms with Crippen LogP contribution in [0.3, 0.4) is 0 Å². The van der Waals surface area contributed by atoms with E-state index in [1.54, 1.807) is 24.3 Å². The molecule has 0 unspecified atom stereocenters. The molecule has 0 bridgehead atoms. The Morgan fingerprint density at radius 3 is 2.40 bits per heavy atom. The van der Waals surface area contributed by atoms with E-state index in [0.717, 1.165) is 43.6 Å². The maximum absolute atomic E-state index is 12.9. The van der Waals surface area contributed by atoms with Crippen LogP contribution < -0.4 is 0 Å². The summed E-state index contributed by atoms with van der Waals surface area (Å²) in [5, 5.41) is 0.944. The van der Waals surface area contributed by atoms with Gasteiger partial charge in [0.2, 0.25) is 0 Å². The van der Waals surface area contributed by atoms with Crippen molar-refractivity contribution in [2.45, 2.75) is 57.7 Å². The molecule has 0 saturated carbocycles. The zero-order valence-corrected chi connectivity index (χ0v) is 20.5. The molecule has 1 fully saturated rings. The predicted octanol–water partition coefficient (Wildman–Crippen LogP) is 6.17. The maximum atomic E-state index is 12.9. The number of rotatable bonds is 12. The summed E-state index contributed by atoms with van der Waals surface area (Å²) in [6.07, 6.45) is 11.4. The van der Waals surface area contributed by atoms with Gasteiger partial charge in [-0.1, -0.05) is 86.9 Å². The number of ether oxygens (including phenoxy) is 1. The summed E-state index contributed by atoms with van der Waals surface area (Å²) in [6.45, 7) is 6.78. The highest BCUT2D eigenvalue weighted by Crippen LogP contribution is 2.34. The van der Waals surface area contributed by atoms with Gasteiger partial charge in [0.05, 0.1) is 23.8 Å². The van der Waals surface area contributed by atoms with Gasteiger partial charge in [-0.05, 0) is 42.9 Å². The molecule has 2 heterocycles. The van der Waals surface area contributed by atoms with E-state index in [2.05, 4.69) is 43.8 Å². The predicted molar refractivity (Wildman–Crippen MR) is 137 cm³/mol. The molecule has 0 spiro atoms. The number of hydrogen-bond donors (Lipinski definition) is 0. The molecule has 1 saturated heterocycles. The average Bonchev–Trinajstić information content (AvgIpc) is 3.36. The lowest BCUT2D eigenvalue weighted by molar-refractivity contribution is -0.119. The SMILES string of the molecule is C=CC[C@H]1CO[C@@H](Cc2ccccc2)[C@@H]1/C=C/[C@H](CCCCC)ON1C(=O)c2ccccc2C1=O. The number of imide groups is 1. The molecular weight excluding hydrogens is 438 g/mol. The van der Waals surface area contributed by atoms with Gasteiger partial charge in [0, 0.05) is 5.92 Å². The number of hydrogen-bond acceptors (Lipinski definition) is 4. The maximum Gasteiger partial charge on any atom is 0.285 e. The van der Waals surface area contributed by atoms with E-state index in [1.807, 2.05) is 18.2 Å². The number of benzene rings is 2. The molecular formula is C30H35NO4. The molecule has 2 aromatic carbocycles. The fourth-order valence-corrected chi connectivity index (χ4v) is 4.96. The largest absolute Gasteiger partial charge is 0.377 e. The second-order valence-corrected chi connectivity index (χ2v) is 9.40. The molecule has 5 nitrogen and oxygen atoms in total. The van der Waals surface area contributed by atoms with Crippen molar-refractivity contribution in [2.24, 2.45) is 11.8 Å². The van der Waals surface area contributed by atoms with Crippen molar-refractivity contribution in [3.63, 3.8) is 0 Å². The van der Waals surface area contributed by atoms with E-state index in [1.165, 1.54) is 5.56 Å². The number of nitrogens with zero attached hydrogens (tertiary/aromatic N) is 1. The van der Waals surface area contributed by atoms with Gasteiger partial charge in [-0.25, -0.2) is 0 Å². The van der Waals surface area contributed by atoms with E-state index in [0.29, 0.717) is 23.7 Å². The minimum Gasteiger partial charge on any atom is -0.377 e. The van der Waals surface area contributed by atoms with Crippen molar-refractivity contribution in [1.82, 2.24) is 5.06 Å². The highest BCUT2D eigenvalue weighted by atomic mass is 16.7. The molecule has 0 radical (unpaired) electrons. The third-order valence-corrected chi connectivity index (χ3v) is 6.88. The second kappa shape index (κ2) is 12.1. The zero-order chi connectivity index (χ0) is 24.6. The minimum atomic E-state index is -0.393. The fraction of sp³-hybridized carbons (Fsp3) is 0.400. The van der Waals surface area contributed by atoms with Crippen LogP contribution in [-0.2, 0) is 16.0 Å². The molecule has 0 N–H and O–H groups in total. The second-order valence-electron chi connectivity index (χ2n) is 9.40. The van der Waals surface area contributed by atoms with Crippen molar-refractivity contribution in [2.75, 3.05) is 6.61 Å². The molecule has 2 aliphatic rings. The quantitative estimate of drug-likeness (QED) is 0.210. The fourth-order valence-electron chi connectivity index (χ4n) is 4.96. The van der Waals surface area contributed by atoms with Crippen LogP contribution in [0.2, 0.25) is 0 Å². The number of allylic oxidation sites excluding steroid dienone is 1. The number of fused-ring (bicyclic) bond motifs is 1. The lowest BCUT2D eigenvalue weighted by Crippen LogP contribution is -2.34. The van der Waals surface area contributed by atoms with Gasteiger partial charge in [0.25, 0.3) is 11.8 Å². The zero-order valence-electron chi connectivity index (χ0n) is 20.5. The van der Waals surface area contributed by atoms with Gasteiger partial charge in [-0.15, -0.1) is 11.6 Å². The molecule has 4 atom stereocenters. The van der Waals surface area contributed by atoms with E-state index in [9.17, 15) is 9.59 Å². The van der Waals surface area contributed by atoms with E-state index < -0.39 is 11.8 Å². The number of unbranched alkanes of at least 4 members (excludes halogenated alkanes) is 2. The average molecular weight is 474 g/mol. The molecule has 184 valence electrons. The smallest absolute Gasteiger partial charge is 0.285 e. The summed E-state index contributed by atoms with van der Waals surface area (Å²) in [6, 6.07) is 17.3. The Hall–Kier alpha value is -3.02. The van der Waals surface area contributed by atoms with Crippen molar-refractivity contribution in [3.8, 4) is 0 Å². The molecule has 2 aliphatic heterocycles. The first-order valence-electron chi connectivity index (χ1n) is 12.7. The number of carbonyl (C=O) groups excluding carboxylic acids is 2. The molecule has 0 aromatic heterocycles. The molecule has 2 amide bonds. The molecule has 2 aromatic rings. The van der Waals surface area contributed by atoms with Gasteiger partial charge in [0.1, 0.15) is 6.10 Å². The van der Waals surface area contributed by atoms with Gasteiger partial charge in [-0.2, -0.15) is 0 Å². The third-order valence-electron chi connectivity index (χ3n) is 6.88. The summed E-state index contributed by atoms with van der Waals surface area (Å²) in [7, 11) is 0. The Morgan fingerprint density at radius 2 is 1.74 bits per heavy atom. The Kier molecular flexibility index (Phi) is 8.67. The van der Waals surface area contributed by atoms with E-state index in [4.69, 9.17) is 9.57 Å². The van der Waals surface area contributed by atoms with Crippen molar-refractivity contribution < 1.29 is 19.2 Å². The minimum absolute atomic E-state index is 0.0641. The number of amides is 2. The first-order valence-corrected chi connectivity index (χ1v) is 12.7. The van der Waals surface area contributed by atoms with Crippen LogP contribution in [0.25, 0.3) is 0 Å². The molecule has 5 heteroatoms. The van der Waals surface area contributed by atoms with Crippen LogP contribution in [0, 0.1) is 11.8 Å². The van der Waals surface area contributed by atoms with Crippen LogP contribution in [0.4, 0.5) is 0 Å². The van der Waals surface area contributed by atoms with Crippen molar-refractivity contribution in [3.05, 3.63) is 96.1 Å².